The van der Waals surface area contributed by atoms with Crippen LogP contribution in [0.15, 0.2) is 36.4 Å². The van der Waals surface area contributed by atoms with Gasteiger partial charge in [0.2, 0.25) is 0 Å². The van der Waals surface area contributed by atoms with Crippen molar-refractivity contribution in [2.45, 2.75) is 65.2 Å². The number of hydrogen-bond donors (Lipinski definition) is 2. The molecule has 3 N–H and O–H groups in total. The van der Waals surface area contributed by atoms with Crippen molar-refractivity contribution in [1.29, 1.82) is 0 Å². The Morgan fingerprint density at radius 2 is 1.47 bits per heavy atom. The van der Waals surface area contributed by atoms with Crippen LogP contribution in [0.5, 0.6) is 17.2 Å². The van der Waals surface area contributed by atoms with Gasteiger partial charge in [0.05, 0.1) is 37.3 Å². The zero-order valence-electron chi connectivity index (χ0n) is 19.7. The number of carbonyl (C=O) groups excluding carboxylic acids is 1. The molecular formula is C26H38N2O4. The van der Waals surface area contributed by atoms with Crippen LogP contribution >= 0.6 is 0 Å². The molecule has 0 aliphatic carbocycles. The summed E-state index contributed by atoms with van der Waals surface area (Å²) >= 11 is 0. The molecule has 0 aliphatic rings. The van der Waals surface area contributed by atoms with Gasteiger partial charge in [-0.2, -0.15) is 0 Å². The molecule has 176 valence electrons. The van der Waals surface area contributed by atoms with E-state index in [1.807, 2.05) is 6.07 Å². The van der Waals surface area contributed by atoms with E-state index in [-0.39, 0.29) is 5.91 Å². The normalized spacial score (nSPS) is 10.6. The van der Waals surface area contributed by atoms with Crippen molar-refractivity contribution in [1.82, 2.24) is 0 Å². The van der Waals surface area contributed by atoms with Gasteiger partial charge in [-0.15, -0.1) is 0 Å². The maximum atomic E-state index is 13.0. The van der Waals surface area contributed by atoms with Gasteiger partial charge in [0.15, 0.2) is 0 Å². The molecule has 6 nitrogen and oxygen atoms in total. The van der Waals surface area contributed by atoms with E-state index in [2.05, 4.69) is 19.2 Å². The number of carbonyl (C=O) groups is 1. The fourth-order valence-electron chi connectivity index (χ4n) is 3.36. The summed E-state index contributed by atoms with van der Waals surface area (Å²) in [5, 5.41) is 2.95. The highest BCUT2D eigenvalue weighted by Gasteiger charge is 2.17. The number of anilines is 2. The maximum Gasteiger partial charge on any atom is 0.259 e. The van der Waals surface area contributed by atoms with E-state index in [9.17, 15) is 4.79 Å². The minimum Gasteiger partial charge on any atom is -0.496 e. The van der Waals surface area contributed by atoms with Crippen LogP contribution in [-0.4, -0.2) is 26.2 Å². The first-order chi connectivity index (χ1) is 15.6. The molecule has 32 heavy (non-hydrogen) atoms. The van der Waals surface area contributed by atoms with Crippen LogP contribution in [0, 0.1) is 0 Å². The van der Waals surface area contributed by atoms with Gasteiger partial charge in [-0.25, -0.2) is 0 Å². The summed E-state index contributed by atoms with van der Waals surface area (Å²) in [6.45, 7) is 5.50. The molecule has 6 heteroatoms. The number of unbranched alkanes of at least 4 members (excludes halogenated alkanes) is 6. The third-order valence-electron chi connectivity index (χ3n) is 5.22. The Morgan fingerprint density at radius 3 is 2.09 bits per heavy atom. The maximum absolute atomic E-state index is 13.0. The van der Waals surface area contributed by atoms with Gasteiger partial charge in [0.1, 0.15) is 17.2 Å². The molecule has 0 saturated heterocycles. The van der Waals surface area contributed by atoms with Crippen LogP contribution in [0.2, 0.25) is 0 Å². The quantitative estimate of drug-likeness (QED) is 0.245. The molecule has 0 saturated carbocycles. The number of ether oxygens (including phenoxy) is 3. The second-order valence-corrected chi connectivity index (χ2v) is 7.86. The van der Waals surface area contributed by atoms with Gasteiger partial charge in [-0.3, -0.25) is 4.79 Å². The van der Waals surface area contributed by atoms with Gasteiger partial charge < -0.3 is 25.3 Å². The van der Waals surface area contributed by atoms with Crippen molar-refractivity contribution in [3.63, 3.8) is 0 Å². The number of methoxy groups -OCH3 is 1. The Bertz CT molecular complexity index is 839. The monoisotopic (exact) mass is 442 g/mol. The molecule has 0 fully saturated rings. The molecule has 2 aromatic carbocycles. The molecule has 0 aliphatic heterocycles. The summed E-state index contributed by atoms with van der Waals surface area (Å²) in [4.78, 5) is 13.0. The Balaban J connectivity index is 2.18. The Labute approximate surface area is 192 Å². The fourth-order valence-corrected chi connectivity index (χ4v) is 3.36. The third-order valence-corrected chi connectivity index (χ3v) is 5.22. The number of benzene rings is 2. The number of nitrogen functional groups attached to an aromatic ring is 1. The number of hydrogen-bond acceptors (Lipinski definition) is 5. The Kier molecular flexibility index (Phi) is 11.3. The minimum absolute atomic E-state index is 0.281. The van der Waals surface area contributed by atoms with Crippen molar-refractivity contribution in [2.75, 3.05) is 31.4 Å². The predicted octanol–water partition coefficient (Wildman–Crippen LogP) is 6.45. The molecule has 0 unspecified atom stereocenters. The zero-order valence-corrected chi connectivity index (χ0v) is 19.7. The third kappa shape index (κ3) is 7.98. The molecule has 0 radical (unpaired) electrons. The lowest BCUT2D eigenvalue weighted by molar-refractivity contribution is 0.102. The van der Waals surface area contributed by atoms with E-state index in [4.69, 9.17) is 19.9 Å². The number of amides is 1. The van der Waals surface area contributed by atoms with E-state index in [0.29, 0.717) is 47.4 Å². The summed E-state index contributed by atoms with van der Waals surface area (Å²) in [5.74, 6) is 1.32. The smallest absolute Gasteiger partial charge is 0.259 e. The van der Waals surface area contributed by atoms with Gasteiger partial charge in [0.25, 0.3) is 5.91 Å². The molecule has 0 spiro atoms. The molecule has 0 bridgehead atoms. The highest BCUT2D eigenvalue weighted by molar-refractivity contribution is 6.07. The van der Waals surface area contributed by atoms with Crippen LogP contribution < -0.4 is 25.3 Å². The van der Waals surface area contributed by atoms with Crippen molar-refractivity contribution >= 4 is 17.3 Å². The van der Waals surface area contributed by atoms with E-state index >= 15 is 0 Å². The molecule has 1 amide bonds. The van der Waals surface area contributed by atoms with Gasteiger partial charge in [-0.05, 0) is 25.0 Å². The standard InChI is InChI=1S/C26H38N2O4/c1-4-6-8-12-16-31-24-19-22(25(18-21(24)27)32-17-13-9-7-5-2)28-26(29)20-14-10-11-15-23(20)30-3/h10-11,14-15,18-19H,4-9,12-13,16-17,27H2,1-3H3,(H,28,29). The zero-order chi connectivity index (χ0) is 23.2. The summed E-state index contributed by atoms with van der Waals surface area (Å²) in [6, 6.07) is 10.6. The molecule has 0 heterocycles. The van der Waals surface area contributed by atoms with E-state index in [1.54, 1.807) is 37.4 Å². The molecule has 0 aromatic heterocycles. The fraction of sp³-hybridized carbons (Fsp3) is 0.500. The lowest BCUT2D eigenvalue weighted by atomic mass is 10.1. The number of nitrogens with one attached hydrogen (secondary N) is 1. The van der Waals surface area contributed by atoms with Crippen LogP contribution in [-0.2, 0) is 0 Å². The summed E-state index contributed by atoms with van der Waals surface area (Å²) in [7, 11) is 1.55. The average Bonchev–Trinajstić information content (AvgIpc) is 2.80. The Hall–Kier alpha value is -2.89. The molecular weight excluding hydrogens is 404 g/mol. The van der Waals surface area contributed by atoms with Gasteiger partial charge in [0, 0.05) is 12.1 Å². The summed E-state index contributed by atoms with van der Waals surface area (Å²) < 4.78 is 17.2. The number of nitrogens with two attached hydrogens (primary N) is 1. The van der Waals surface area contributed by atoms with Crippen LogP contribution in [0.1, 0.15) is 75.6 Å². The van der Waals surface area contributed by atoms with Crippen molar-refractivity contribution in [2.24, 2.45) is 0 Å². The van der Waals surface area contributed by atoms with E-state index in [0.717, 1.165) is 32.1 Å². The second kappa shape index (κ2) is 14.2. The summed E-state index contributed by atoms with van der Waals surface area (Å²) in [6.07, 6.45) is 8.83. The van der Waals surface area contributed by atoms with Gasteiger partial charge >= 0.3 is 0 Å². The first kappa shape index (κ1) is 25.4. The average molecular weight is 443 g/mol. The first-order valence-electron chi connectivity index (χ1n) is 11.7. The number of rotatable bonds is 15. The minimum atomic E-state index is -0.281. The first-order valence-corrected chi connectivity index (χ1v) is 11.7. The number of para-hydroxylation sites is 1. The van der Waals surface area contributed by atoms with Crippen LogP contribution in [0.4, 0.5) is 11.4 Å². The van der Waals surface area contributed by atoms with Crippen molar-refractivity contribution < 1.29 is 19.0 Å². The van der Waals surface area contributed by atoms with E-state index < -0.39 is 0 Å². The largest absolute Gasteiger partial charge is 0.496 e. The SMILES string of the molecule is CCCCCCOc1cc(NC(=O)c2ccccc2OC)c(OCCCCCC)cc1N. The molecule has 0 atom stereocenters. The van der Waals surface area contributed by atoms with Gasteiger partial charge in [-0.1, -0.05) is 64.5 Å². The van der Waals surface area contributed by atoms with E-state index in [1.165, 1.54) is 19.3 Å². The highest BCUT2D eigenvalue weighted by atomic mass is 16.5. The lowest BCUT2D eigenvalue weighted by Gasteiger charge is -2.17. The predicted molar refractivity (Wildman–Crippen MR) is 131 cm³/mol. The van der Waals surface area contributed by atoms with Crippen LogP contribution in [0.25, 0.3) is 0 Å². The molecule has 2 aromatic rings. The van der Waals surface area contributed by atoms with Crippen LogP contribution in [0.3, 0.4) is 0 Å². The Morgan fingerprint density at radius 1 is 0.844 bits per heavy atom. The lowest BCUT2D eigenvalue weighted by Crippen LogP contribution is -2.15. The topological polar surface area (TPSA) is 82.8 Å². The van der Waals surface area contributed by atoms with Crippen molar-refractivity contribution in [3.05, 3.63) is 42.0 Å². The molecule has 2 rings (SSSR count). The highest BCUT2D eigenvalue weighted by Crippen LogP contribution is 2.36. The second-order valence-electron chi connectivity index (χ2n) is 7.86. The van der Waals surface area contributed by atoms with Crippen molar-refractivity contribution in [3.8, 4) is 17.2 Å². The summed E-state index contributed by atoms with van der Waals surface area (Å²) in [5.41, 5.74) is 7.72.